The number of nitrogens with zero attached hydrogens (tertiary/aromatic N) is 4. The van der Waals surface area contributed by atoms with E-state index in [0.29, 0.717) is 20.7 Å². The molecule has 1 saturated heterocycles. The second-order valence-corrected chi connectivity index (χ2v) is 9.19. The summed E-state index contributed by atoms with van der Waals surface area (Å²) in [7, 11) is 0. The molecule has 2 aromatic heterocycles. The molecule has 8 nitrogen and oxygen atoms in total. The van der Waals surface area contributed by atoms with Gasteiger partial charge in [0.1, 0.15) is 40.5 Å². The lowest BCUT2D eigenvalue weighted by molar-refractivity contribution is -0.178. The van der Waals surface area contributed by atoms with E-state index in [4.69, 9.17) is 27.9 Å². The van der Waals surface area contributed by atoms with Crippen molar-refractivity contribution in [1.82, 2.24) is 20.0 Å². The first-order chi connectivity index (χ1) is 14.0. The number of aliphatic hydroxyl groups is 3. The Morgan fingerprint density at radius 1 is 1.21 bits per heavy atom. The number of thiazole rings is 1. The van der Waals surface area contributed by atoms with Crippen molar-refractivity contribution < 1.29 is 20.1 Å². The summed E-state index contributed by atoms with van der Waals surface area (Å²) in [6, 6.07) is 4.19. The maximum atomic E-state index is 10.9. The number of ether oxygens (including phenoxy) is 1. The highest BCUT2D eigenvalue weighted by molar-refractivity contribution is 7.99. The summed E-state index contributed by atoms with van der Waals surface area (Å²) >= 11 is 14.6. The van der Waals surface area contributed by atoms with E-state index in [-0.39, 0.29) is 0 Å². The highest BCUT2D eigenvalue weighted by Crippen LogP contribution is 2.39. The summed E-state index contributed by atoms with van der Waals surface area (Å²) in [5.41, 5.74) is -0.259. The quantitative estimate of drug-likeness (QED) is 0.516. The molecule has 12 heteroatoms. The molecule has 1 fully saturated rings. The molecule has 0 saturated carbocycles. The smallest absolute Gasteiger partial charge is 0.145 e. The summed E-state index contributed by atoms with van der Waals surface area (Å²) < 4.78 is 7.12. The predicted octanol–water partition coefficient (Wildman–Crippen LogP) is 2.48. The zero-order valence-corrected chi connectivity index (χ0v) is 17.8. The molecule has 3 unspecified atom stereocenters. The standard InChI is InChI=1S/C17H16Cl2N4O4S2/c18-9-2-1-8(5-10(9)19)29-17-15(26)13(14(25)12(7-24)27-17)23-6-11(21-22-23)16-20-3-4-28-16/h1-6,12-15,17,24-26H,7H2/t12?,13?,14-,15?,17+/m0/s1. The van der Waals surface area contributed by atoms with Crippen LogP contribution < -0.4 is 0 Å². The molecule has 0 aliphatic carbocycles. The first kappa shape index (κ1) is 21.0. The Bertz CT molecular complexity index is 974. The van der Waals surface area contributed by atoms with Crippen molar-refractivity contribution in [3.05, 3.63) is 46.0 Å². The van der Waals surface area contributed by atoms with Gasteiger partial charge in [-0.15, -0.1) is 16.4 Å². The lowest BCUT2D eigenvalue weighted by Gasteiger charge is -2.41. The fraction of sp³-hybridized carbons (Fsp3) is 0.353. The second-order valence-electron chi connectivity index (χ2n) is 6.31. The molecule has 1 aliphatic rings. The molecular weight excluding hydrogens is 459 g/mol. The van der Waals surface area contributed by atoms with E-state index in [1.54, 1.807) is 30.6 Å². The van der Waals surface area contributed by atoms with Gasteiger partial charge < -0.3 is 20.1 Å². The van der Waals surface area contributed by atoms with E-state index in [1.165, 1.54) is 27.8 Å². The number of aliphatic hydroxyl groups excluding tert-OH is 3. The average Bonchev–Trinajstić information content (AvgIpc) is 3.39. The summed E-state index contributed by atoms with van der Waals surface area (Å²) in [6.45, 7) is -0.420. The van der Waals surface area contributed by atoms with Crippen molar-refractivity contribution in [3.8, 4) is 10.7 Å². The number of rotatable bonds is 5. The molecule has 0 radical (unpaired) electrons. The van der Waals surface area contributed by atoms with E-state index >= 15 is 0 Å². The molecule has 3 aromatic rings. The van der Waals surface area contributed by atoms with E-state index < -0.39 is 36.4 Å². The lowest BCUT2D eigenvalue weighted by atomic mass is 9.97. The number of thioether (sulfide) groups is 1. The highest BCUT2D eigenvalue weighted by atomic mass is 35.5. The number of hydrogen-bond donors (Lipinski definition) is 3. The van der Waals surface area contributed by atoms with Crippen LogP contribution in [0.4, 0.5) is 0 Å². The first-order valence-corrected chi connectivity index (χ1v) is 11.1. The Balaban J connectivity index is 1.61. The molecular formula is C17H16Cl2N4O4S2. The maximum absolute atomic E-state index is 10.9. The Morgan fingerprint density at radius 2 is 2.03 bits per heavy atom. The van der Waals surface area contributed by atoms with E-state index in [0.717, 1.165) is 4.90 Å². The molecule has 5 atom stereocenters. The maximum Gasteiger partial charge on any atom is 0.145 e. The van der Waals surface area contributed by atoms with Crippen LogP contribution in [0.1, 0.15) is 6.04 Å². The third-order valence-corrected chi connectivity index (χ3v) is 7.14. The second kappa shape index (κ2) is 8.86. The number of aromatic nitrogens is 4. The van der Waals surface area contributed by atoms with Gasteiger partial charge in [-0.25, -0.2) is 9.67 Å². The lowest BCUT2D eigenvalue weighted by Crippen LogP contribution is -2.55. The Labute approximate surface area is 184 Å². The molecule has 3 heterocycles. The van der Waals surface area contributed by atoms with Crippen LogP contribution in [-0.4, -0.2) is 65.7 Å². The SMILES string of the molecule is OCC1O[C@H](Sc2ccc(Cl)c(Cl)c2)C(O)C(n2cc(-c3nccs3)nn2)[C@H]1O. The van der Waals surface area contributed by atoms with Crippen LogP contribution in [0.25, 0.3) is 10.7 Å². The minimum atomic E-state index is -1.19. The predicted molar refractivity (Wildman–Crippen MR) is 110 cm³/mol. The van der Waals surface area contributed by atoms with E-state index in [2.05, 4.69) is 15.3 Å². The molecule has 29 heavy (non-hydrogen) atoms. The van der Waals surface area contributed by atoms with Gasteiger partial charge in [0.15, 0.2) is 0 Å². The van der Waals surface area contributed by atoms with Gasteiger partial charge in [-0.1, -0.05) is 40.2 Å². The summed E-state index contributed by atoms with van der Waals surface area (Å²) in [4.78, 5) is 4.91. The Morgan fingerprint density at radius 3 is 2.72 bits per heavy atom. The van der Waals surface area contributed by atoms with Gasteiger partial charge in [-0.2, -0.15) is 0 Å². The normalized spacial score (nSPS) is 27.3. The number of hydrogen-bond acceptors (Lipinski definition) is 9. The summed E-state index contributed by atoms with van der Waals surface area (Å²) in [6.07, 6.45) is 0.0280. The highest BCUT2D eigenvalue weighted by Gasteiger charge is 2.46. The van der Waals surface area contributed by atoms with Crippen LogP contribution in [0.15, 0.2) is 40.9 Å². The van der Waals surface area contributed by atoms with Crippen LogP contribution in [0.2, 0.25) is 10.0 Å². The fourth-order valence-electron chi connectivity index (χ4n) is 3.03. The summed E-state index contributed by atoms with van der Waals surface area (Å²) in [5, 5.41) is 42.7. The van der Waals surface area contributed by atoms with Crippen LogP contribution >= 0.6 is 46.3 Å². The van der Waals surface area contributed by atoms with Crippen molar-refractivity contribution in [1.29, 1.82) is 0 Å². The van der Waals surface area contributed by atoms with Gasteiger partial charge in [0.25, 0.3) is 0 Å². The Kier molecular flexibility index (Phi) is 6.42. The van der Waals surface area contributed by atoms with Gasteiger partial charge in [0.2, 0.25) is 0 Å². The van der Waals surface area contributed by atoms with Crippen molar-refractivity contribution >= 4 is 46.3 Å². The largest absolute Gasteiger partial charge is 0.394 e. The van der Waals surface area contributed by atoms with Crippen molar-refractivity contribution in [2.24, 2.45) is 0 Å². The molecule has 0 bridgehead atoms. The van der Waals surface area contributed by atoms with E-state index in [9.17, 15) is 15.3 Å². The molecule has 0 spiro atoms. The third-order valence-electron chi connectivity index (χ3n) is 4.46. The van der Waals surface area contributed by atoms with Gasteiger partial charge in [-0.05, 0) is 18.2 Å². The van der Waals surface area contributed by atoms with Crippen molar-refractivity contribution in [2.75, 3.05) is 6.61 Å². The number of halogens is 2. The van der Waals surface area contributed by atoms with Crippen LogP contribution in [0.5, 0.6) is 0 Å². The minimum Gasteiger partial charge on any atom is -0.394 e. The topological polar surface area (TPSA) is 114 Å². The molecule has 4 rings (SSSR count). The van der Waals surface area contributed by atoms with Crippen LogP contribution in [0, 0.1) is 0 Å². The zero-order chi connectivity index (χ0) is 20.5. The Hall–Kier alpha value is -1.24. The van der Waals surface area contributed by atoms with Crippen LogP contribution in [-0.2, 0) is 4.74 Å². The monoisotopic (exact) mass is 474 g/mol. The molecule has 1 aliphatic heterocycles. The molecule has 154 valence electrons. The van der Waals surface area contributed by atoms with Crippen LogP contribution in [0.3, 0.4) is 0 Å². The van der Waals surface area contributed by atoms with E-state index in [1.807, 2.05) is 5.38 Å². The van der Waals surface area contributed by atoms with Gasteiger partial charge in [0, 0.05) is 16.5 Å². The van der Waals surface area contributed by atoms with Crippen molar-refractivity contribution in [3.63, 3.8) is 0 Å². The zero-order valence-electron chi connectivity index (χ0n) is 14.7. The minimum absolute atomic E-state index is 0.377. The molecule has 0 amide bonds. The third kappa shape index (κ3) is 4.30. The number of benzene rings is 1. The first-order valence-electron chi connectivity index (χ1n) is 8.54. The average molecular weight is 475 g/mol. The fourth-order valence-corrected chi connectivity index (χ4v) is 5.08. The molecule has 3 N–H and O–H groups in total. The van der Waals surface area contributed by atoms with Gasteiger partial charge in [0.05, 0.1) is 22.8 Å². The van der Waals surface area contributed by atoms with Gasteiger partial charge >= 0.3 is 0 Å². The van der Waals surface area contributed by atoms with Crippen molar-refractivity contribution in [2.45, 2.75) is 34.7 Å². The summed E-state index contributed by atoms with van der Waals surface area (Å²) in [5.74, 6) is 0. The molecule has 1 aromatic carbocycles. The van der Waals surface area contributed by atoms with Gasteiger partial charge in [-0.3, -0.25) is 0 Å².